The van der Waals surface area contributed by atoms with E-state index in [1.165, 1.54) is 13.2 Å². The molecular formula is C19H18O6. The zero-order valence-electron chi connectivity index (χ0n) is 13.9. The highest BCUT2D eigenvalue weighted by atomic mass is 16.5. The second kappa shape index (κ2) is 5.67. The van der Waals surface area contributed by atoms with Crippen LogP contribution in [-0.4, -0.2) is 30.0 Å². The molecule has 1 aliphatic heterocycles. The van der Waals surface area contributed by atoms with Crippen molar-refractivity contribution in [3.8, 4) is 17.2 Å². The summed E-state index contributed by atoms with van der Waals surface area (Å²) in [6.07, 6.45) is 0.306. The largest absolute Gasteiger partial charge is 0.504 e. The summed E-state index contributed by atoms with van der Waals surface area (Å²) >= 11 is 0. The molecule has 2 N–H and O–H groups in total. The molecule has 130 valence electrons. The van der Waals surface area contributed by atoms with E-state index in [9.17, 15) is 15.0 Å². The van der Waals surface area contributed by atoms with Crippen molar-refractivity contribution in [1.29, 1.82) is 0 Å². The van der Waals surface area contributed by atoms with E-state index in [4.69, 9.17) is 13.9 Å². The third kappa shape index (κ3) is 2.25. The zero-order chi connectivity index (χ0) is 17.7. The number of aromatic hydroxyl groups is 1. The van der Waals surface area contributed by atoms with Gasteiger partial charge in [0.2, 0.25) is 5.43 Å². The van der Waals surface area contributed by atoms with Crippen LogP contribution in [0.4, 0.5) is 0 Å². The first-order valence-corrected chi connectivity index (χ1v) is 8.11. The molecule has 2 aromatic carbocycles. The van der Waals surface area contributed by atoms with E-state index in [1.54, 1.807) is 18.2 Å². The second-order valence-corrected chi connectivity index (χ2v) is 6.36. The van der Waals surface area contributed by atoms with Crippen molar-refractivity contribution < 1.29 is 24.1 Å². The summed E-state index contributed by atoms with van der Waals surface area (Å²) in [6, 6.07) is 6.38. The lowest BCUT2D eigenvalue weighted by molar-refractivity contribution is 0.114. The smallest absolute Gasteiger partial charge is 0.204 e. The fourth-order valence-corrected chi connectivity index (χ4v) is 3.33. The predicted molar refractivity (Wildman–Crippen MR) is 92.6 cm³/mol. The fourth-order valence-electron chi connectivity index (χ4n) is 3.33. The van der Waals surface area contributed by atoms with Crippen molar-refractivity contribution in [3.05, 3.63) is 40.1 Å². The molecule has 2 unspecified atom stereocenters. The maximum absolute atomic E-state index is 13.0. The number of aliphatic hydroxyl groups is 1. The number of phenolic OH excluding ortho intramolecular Hbond substituents is 1. The van der Waals surface area contributed by atoms with Crippen LogP contribution in [0.5, 0.6) is 17.2 Å². The summed E-state index contributed by atoms with van der Waals surface area (Å²) in [4.78, 5) is 13.0. The van der Waals surface area contributed by atoms with Crippen LogP contribution in [0.15, 0.2) is 33.5 Å². The number of fused-ring (bicyclic) bond motifs is 4. The van der Waals surface area contributed by atoms with E-state index in [1.807, 2.05) is 6.92 Å². The number of phenols is 1. The molecule has 0 saturated carbocycles. The molecule has 1 aliphatic rings. The summed E-state index contributed by atoms with van der Waals surface area (Å²) in [7, 11) is 1.48. The van der Waals surface area contributed by atoms with E-state index in [-0.39, 0.29) is 35.4 Å². The highest BCUT2D eigenvalue weighted by Crippen LogP contribution is 2.42. The van der Waals surface area contributed by atoms with Crippen molar-refractivity contribution >= 4 is 21.9 Å². The average Bonchev–Trinajstić information content (AvgIpc) is 3.05. The van der Waals surface area contributed by atoms with Crippen molar-refractivity contribution in [1.82, 2.24) is 0 Å². The van der Waals surface area contributed by atoms with Crippen LogP contribution in [0.2, 0.25) is 0 Å². The number of hydrogen-bond acceptors (Lipinski definition) is 6. The lowest BCUT2D eigenvalue weighted by atomic mass is 9.98. The van der Waals surface area contributed by atoms with Gasteiger partial charge in [-0.25, -0.2) is 0 Å². The molecule has 2 atom stereocenters. The van der Waals surface area contributed by atoms with Gasteiger partial charge >= 0.3 is 0 Å². The number of aliphatic hydroxyl groups excluding tert-OH is 1. The van der Waals surface area contributed by atoms with Crippen molar-refractivity contribution in [2.45, 2.75) is 19.4 Å². The Morgan fingerprint density at radius 2 is 2.16 bits per heavy atom. The molecule has 6 nitrogen and oxygen atoms in total. The Hall–Kier alpha value is -2.73. The molecule has 0 aliphatic carbocycles. The number of benzene rings is 2. The SMILES string of the molecule is COc1cc2c(c3oc4c(O)cccc4c(=O)c13)CC(C(C)CO)O2. The van der Waals surface area contributed by atoms with E-state index in [0.717, 1.165) is 5.56 Å². The molecule has 4 rings (SSSR count). The third-order valence-corrected chi connectivity index (χ3v) is 4.80. The van der Waals surface area contributed by atoms with Crippen LogP contribution in [0.3, 0.4) is 0 Å². The number of methoxy groups -OCH3 is 1. The van der Waals surface area contributed by atoms with Gasteiger partial charge in [0.1, 0.15) is 28.6 Å². The number of ether oxygens (including phenoxy) is 2. The molecule has 3 aromatic rings. The molecule has 0 amide bonds. The van der Waals surface area contributed by atoms with Crippen molar-refractivity contribution in [3.63, 3.8) is 0 Å². The summed E-state index contributed by atoms with van der Waals surface area (Å²) in [5, 5.41) is 20.1. The molecule has 0 bridgehead atoms. The highest BCUT2D eigenvalue weighted by molar-refractivity contribution is 5.97. The van der Waals surface area contributed by atoms with Gasteiger partial charge in [-0.1, -0.05) is 13.0 Å². The van der Waals surface area contributed by atoms with Crippen LogP contribution in [0.25, 0.3) is 21.9 Å². The Bertz CT molecular complexity index is 1040. The molecule has 2 heterocycles. The Morgan fingerprint density at radius 3 is 2.88 bits per heavy atom. The Morgan fingerprint density at radius 1 is 1.36 bits per heavy atom. The van der Waals surface area contributed by atoms with E-state index < -0.39 is 0 Å². The van der Waals surface area contributed by atoms with Gasteiger partial charge in [0.05, 0.1) is 12.5 Å². The number of para-hydroxylation sites is 1. The van der Waals surface area contributed by atoms with E-state index >= 15 is 0 Å². The predicted octanol–water partition coefficient (Wildman–Crippen LogP) is 2.59. The van der Waals surface area contributed by atoms with Gasteiger partial charge in [0.25, 0.3) is 0 Å². The first-order chi connectivity index (χ1) is 12.0. The van der Waals surface area contributed by atoms with Gasteiger partial charge in [0.15, 0.2) is 11.3 Å². The lowest BCUT2D eigenvalue weighted by Crippen LogP contribution is -2.25. The fraction of sp³-hybridized carbons (Fsp3) is 0.316. The average molecular weight is 342 g/mol. The van der Waals surface area contributed by atoms with Gasteiger partial charge in [-0.15, -0.1) is 0 Å². The van der Waals surface area contributed by atoms with E-state index in [2.05, 4.69) is 0 Å². The molecule has 0 spiro atoms. The molecule has 0 fully saturated rings. The van der Waals surface area contributed by atoms with Crippen molar-refractivity contribution in [2.75, 3.05) is 13.7 Å². The Balaban J connectivity index is 2.07. The quantitative estimate of drug-likeness (QED) is 0.711. The maximum Gasteiger partial charge on any atom is 0.204 e. The zero-order valence-corrected chi connectivity index (χ0v) is 13.9. The summed E-state index contributed by atoms with van der Waals surface area (Å²) in [6.45, 7) is 1.90. The molecule has 0 saturated heterocycles. The molecule has 0 radical (unpaired) electrons. The topological polar surface area (TPSA) is 89.1 Å². The van der Waals surface area contributed by atoms with Gasteiger partial charge in [0, 0.05) is 30.6 Å². The monoisotopic (exact) mass is 342 g/mol. The Kier molecular flexibility index (Phi) is 3.58. The highest BCUT2D eigenvalue weighted by Gasteiger charge is 2.32. The molecule has 1 aromatic heterocycles. The maximum atomic E-state index is 13.0. The van der Waals surface area contributed by atoms with Crippen LogP contribution in [-0.2, 0) is 6.42 Å². The van der Waals surface area contributed by atoms with E-state index in [0.29, 0.717) is 34.3 Å². The number of rotatable bonds is 3. The number of hydrogen-bond donors (Lipinski definition) is 2. The minimum atomic E-state index is -0.259. The minimum Gasteiger partial charge on any atom is -0.504 e. The summed E-state index contributed by atoms with van der Waals surface area (Å²) in [5.74, 6) is 0.791. The van der Waals surface area contributed by atoms with Crippen LogP contribution >= 0.6 is 0 Å². The molecule has 6 heteroatoms. The Labute approximate surface area is 143 Å². The van der Waals surface area contributed by atoms with Crippen LogP contribution in [0, 0.1) is 5.92 Å². The normalized spacial score (nSPS) is 17.5. The first kappa shape index (κ1) is 15.8. The summed E-state index contributed by atoms with van der Waals surface area (Å²) < 4.78 is 17.2. The standard InChI is InChI=1S/C19H18O6/c1-9(8-20)13-6-11-14(24-13)7-15(23-2)16-17(22)10-4-3-5-12(21)18(10)25-19(11)16/h3-5,7,9,13,20-21H,6,8H2,1-2H3. The summed E-state index contributed by atoms with van der Waals surface area (Å²) in [5.41, 5.74) is 1.00. The van der Waals surface area contributed by atoms with Gasteiger partial charge in [-0.3, -0.25) is 4.79 Å². The third-order valence-electron chi connectivity index (χ3n) is 4.80. The molecule has 25 heavy (non-hydrogen) atoms. The second-order valence-electron chi connectivity index (χ2n) is 6.36. The minimum absolute atomic E-state index is 0.00138. The van der Waals surface area contributed by atoms with Crippen LogP contribution < -0.4 is 14.9 Å². The lowest BCUT2D eigenvalue weighted by Gasteiger charge is -2.16. The molecular weight excluding hydrogens is 324 g/mol. The van der Waals surface area contributed by atoms with Gasteiger partial charge in [-0.05, 0) is 12.1 Å². The van der Waals surface area contributed by atoms with Crippen LogP contribution in [0.1, 0.15) is 12.5 Å². The van der Waals surface area contributed by atoms with Crippen molar-refractivity contribution in [2.24, 2.45) is 5.92 Å². The first-order valence-electron chi connectivity index (χ1n) is 8.11. The van der Waals surface area contributed by atoms with Gasteiger partial charge in [-0.2, -0.15) is 0 Å². The van der Waals surface area contributed by atoms with Gasteiger partial charge < -0.3 is 24.1 Å².